The normalized spacial score (nSPS) is 14.3. The van der Waals surface area contributed by atoms with E-state index in [2.05, 4.69) is 10.0 Å². The Labute approximate surface area is 95.6 Å². The van der Waals surface area contributed by atoms with Gasteiger partial charge < -0.3 is 10.2 Å². The maximum Gasteiger partial charge on any atom is 0.107 e. The number of hydrogen-bond acceptors (Lipinski definition) is 4. The molecular weight excluding hydrogens is 238 g/mol. The van der Waals surface area contributed by atoms with Gasteiger partial charge in [0.05, 0.1) is 10.4 Å². The Balaban J connectivity index is 2.56. The summed E-state index contributed by atoms with van der Waals surface area (Å²) in [6.07, 6.45) is -1.79. The van der Waals surface area contributed by atoms with E-state index in [4.69, 9.17) is 17.1 Å². The van der Waals surface area contributed by atoms with E-state index in [0.717, 1.165) is 0 Å². The Kier molecular flexibility index (Phi) is 4.87. The summed E-state index contributed by atoms with van der Waals surface area (Å²) in [5.74, 6) is 0. The first-order chi connectivity index (χ1) is 7.16. The number of aliphatic hydroxyl groups is 2. The predicted octanol–water partition coefficient (Wildman–Crippen LogP) is 2.50. The van der Waals surface area contributed by atoms with Gasteiger partial charge >= 0.3 is 0 Å². The van der Waals surface area contributed by atoms with Crippen LogP contribution in [0.5, 0.6) is 0 Å². The third-order valence-electron chi connectivity index (χ3n) is 1.92. The average Bonchev–Trinajstić information content (AvgIpc) is 2.63. The molecule has 7 heteroatoms. The highest BCUT2D eigenvalue weighted by Gasteiger charge is 2.20. The predicted molar refractivity (Wildman–Crippen MR) is 58.9 cm³/mol. The average molecular weight is 248 g/mol. The highest BCUT2D eigenvalue weighted by Crippen LogP contribution is 2.30. The molecule has 0 aliphatic rings. The second kappa shape index (κ2) is 5.95. The van der Waals surface area contributed by atoms with Crippen molar-refractivity contribution in [3.05, 3.63) is 31.8 Å². The van der Waals surface area contributed by atoms with Gasteiger partial charge in [-0.3, -0.25) is 0 Å². The molecule has 2 atom stereocenters. The number of rotatable bonds is 5. The van der Waals surface area contributed by atoms with Crippen LogP contribution >= 0.6 is 22.9 Å². The van der Waals surface area contributed by atoms with Crippen molar-refractivity contribution in [3.8, 4) is 0 Å². The molecule has 0 aliphatic carbocycles. The van der Waals surface area contributed by atoms with Crippen LogP contribution in [0.2, 0.25) is 4.34 Å². The number of thiophene rings is 1. The number of hydrogen-bond donors (Lipinski definition) is 2. The lowest BCUT2D eigenvalue weighted by atomic mass is 10.1. The smallest absolute Gasteiger partial charge is 0.107 e. The maximum absolute atomic E-state index is 9.70. The van der Waals surface area contributed by atoms with E-state index in [1.807, 2.05) is 0 Å². The third kappa shape index (κ3) is 3.37. The highest BCUT2D eigenvalue weighted by atomic mass is 35.5. The van der Waals surface area contributed by atoms with Crippen molar-refractivity contribution in [2.75, 3.05) is 6.54 Å². The van der Waals surface area contributed by atoms with Crippen LogP contribution in [0, 0.1) is 0 Å². The van der Waals surface area contributed by atoms with E-state index in [0.29, 0.717) is 9.90 Å². The van der Waals surface area contributed by atoms with Crippen LogP contribution in [0.3, 0.4) is 0 Å². The Morgan fingerprint density at radius 1 is 1.60 bits per heavy atom. The Morgan fingerprint density at radius 2 is 2.33 bits per heavy atom. The van der Waals surface area contributed by atoms with Crippen LogP contribution in [-0.2, 0) is 0 Å². The Morgan fingerprint density at radius 3 is 2.87 bits per heavy atom. The van der Waals surface area contributed by atoms with Crippen molar-refractivity contribution >= 4 is 22.9 Å². The molecule has 0 saturated carbocycles. The van der Waals surface area contributed by atoms with Crippen molar-refractivity contribution in [1.29, 1.82) is 0 Å². The number of azide groups is 1. The number of halogens is 1. The summed E-state index contributed by atoms with van der Waals surface area (Å²) in [6.45, 7) is 0.149. The molecule has 5 nitrogen and oxygen atoms in total. The van der Waals surface area contributed by atoms with Gasteiger partial charge in [-0.05, 0) is 23.4 Å². The van der Waals surface area contributed by atoms with E-state index >= 15 is 0 Å². The van der Waals surface area contributed by atoms with E-state index in [9.17, 15) is 10.2 Å². The summed E-state index contributed by atoms with van der Waals surface area (Å²) in [5, 5.41) is 24.3. The van der Waals surface area contributed by atoms with Crippen molar-refractivity contribution in [3.63, 3.8) is 0 Å². The van der Waals surface area contributed by atoms with Crippen molar-refractivity contribution < 1.29 is 10.2 Å². The van der Waals surface area contributed by atoms with Gasteiger partial charge in [0, 0.05) is 17.0 Å². The zero-order chi connectivity index (χ0) is 11.3. The molecule has 2 unspecified atom stereocenters. The van der Waals surface area contributed by atoms with Crippen LogP contribution in [0.15, 0.2) is 16.6 Å². The second-order valence-corrected chi connectivity index (χ2v) is 4.42. The summed E-state index contributed by atoms with van der Waals surface area (Å²) in [5.41, 5.74) is 8.55. The van der Waals surface area contributed by atoms with Crippen LogP contribution < -0.4 is 0 Å². The maximum atomic E-state index is 9.70. The van der Waals surface area contributed by atoms with Crippen LogP contribution in [-0.4, -0.2) is 22.9 Å². The molecule has 0 aliphatic heterocycles. The highest BCUT2D eigenvalue weighted by molar-refractivity contribution is 7.14. The zero-order valence-electron chi connectivity index (χ0n) is 7.75. The number of nitrogens with zero attached hydrogens (tertiary/aromatic N) is 3. The first kappa shape index (κ1) is 12.3. The summed E-state index contributed by atoms with van der Waals surface area (Å²) in [6, 6.07) is 1.66. The van der Waals surface area contributed by atoms with E-state index in [-0.39, 0.29) is 13.0 Å². The third-order valence-corrected chi connectivity index (χ3v) is 3.12. The summed E-state index contributed by atoms with van der Waals surface area (Å²) >= 11 is 7.10. The molecule has 15 heavy (non-hydrogen) atoms. The largest absolute Gasteiger partial charge is 0.390 e. The van der Waals surface area contributed by atoms with Gasteiger partial charge in [0.15, 0.2) is 0 Å². The fourth-order valence-corrected chi connectivity index (χ4v) is 2.10. The quantitative estimate of drug-likeness (QED) is 0.476. The minimum atomic E-state index is -1.03. The van der Waals surface area contributed by atoms with Crippen molar-refractivity contribution in [2.24, 2.45) is 5.11 Å². The Bertz CT molecular complexity index is 365. The fraction of sp³-hybridized carbons (Fsp3) is 0.500. The van der Waals surface area contributed by atoms with Gasteiger partial charge in [-0.2, -0.15) is 0 Å². The summed E-state index contributed by atoms with van der Waals surface area (Å²) in [7, 11) is 0. The number of aliphatic hydroxyl groups excluding tert-OH is 2. The minimum Gasteiger partial charge on any atom is -0.390 e. The second-order valence-electron chi connectivity index (χ2n) is 2.90. The topological polar surface area (TPSA) is 89.2 Å². The lowest BCUT2D eigenvalue weighted by Crippen LogP contribution is -2.18. The summed E-state index contributed by atoms with van der Waals surface area (Å²) in [4.78, 5) is 2.56. The summed E-state index contributed by atoms with van der Waals surface area (Å²) < 4.78 is 0.463. The molecule has 1 aromatic heterocycles. The monoisotopic (exact) mass is 247 g/mol. The van der Waals surface area contributed by atoms with Crippen LogP contribution in [0.25, 0.3) is 10.4 Å². The first-order valence-electron chi connectivity index (χ1n) is 4.26. The minimum absolute atomic E-state index is 0.149. The van der Waals surface area contributed by atoms with E-state index < -0.39 is 12.2 Å². The van der Waals surface area contributed by atoms with Gasteiger partial charge in [0.25, 0.3) is 0 Å². The SMILES string of the molecule is [N-]=[N+]=NCCC(O)C(O)c1ccsc1Cl. The lowest BCUT2D eigenvalue weighted by molar-refractivity contribution is 0.0153. The molecule has 0 radical (unpaired) electrons. The van der Waals surface area contributed by atoms with Gasteiger partial charge in [0.1, 0.15) is 6.10 Å². The first-order valence-corrected chi connectivity index (χ1v) is 5.52. The molecule has 0 bridgehead atoms. The van der Waals surface area contributed by atoms with Crippen molar-refractivity contribution in [2.45, 2.75) is 18.6 Å². The molecule has 1 rings (SSSR count). The van der Waals surface area contributed by atoms with Crippen LogP contribution in [0.4, 0.5) is 0 Å². The lowest BCUT2D eigenvalue weighted by Gasteiger charge is -2.16. The molecule has 0 fully saturated rings. The molecule has 1 heterocycles. The van der Waals surface area contributed by atoms with Gasteiger partial charge in [-0.15, -0.1) is 11.3 Å². The standard InChI is InChI=1S/C8H10ClN3O2S/c9-8-5(2-4-15-8)7(14)6(13)1-3-11-12-10/h2,4,6-7,13-14H,1,3H2. The molecule has 0 amide bonds. The molecule has 82 valence electrons. The zero-order valence-corrected chi connectivity index (χ0v) is 9.32. The van der Waals surface area contributed by atoms with Gasteiger partial charge in [0.2, 0.25) is 0 Å². The van der Waals surface area contributed by atoms with Gasteiger partial charge in [-0.25, -0.2) is 0 Å². The molecular formula is C8H10ClN3O2S. The molecule has 0 aromatic carbocycles. The molecule has 0 saturated heterocycles. The van der Waals surface area contributed by atoms with Crippen molar-refractivity contribution in [1.82, 2.24) is 0 Å². The fourth-order valence-electron chi connectivity index (χ4n) is 1.12. The van der Waals surface area contributed by atoms with E-state index in [1.165, 1.54) is 11.3 Å². The Hall–Kier alpha value is -0.780. The molecule has 0 spiro atoms. The van der Waals surface area contributed by atoms with Crippen LogP contribution in [0.1, 0.15) is 18.1 Å². The van der Waals surface area contributed by atoms with Gasteiger partial charge in [-0.1, -0.05) is 16.7 Å². The van der Waals surface area contributed by atoms with E-state index in [1.54, 1.807) is 11.4 Å². The molecule has 1 aromatic rings. The molecule has 2 N–H and O–H groups in total.